The van der Waals surface area contributed by atoms with Gasteiger partial charge in [-0.25, -0.2) is 4.79 Å². The van der Waals surface area contributed by atoms with Gasteiger partial charge in [0.05, 0.1) is 0 Å². The van der Waals surface area contributed by atoms with E-state index in [9.17, 15) is 9.59 Å². The normalized spacial score (nSPS) is 18.1. The van der Waals surface area contributed by atoms with Gasteiger partial charge in [0, 0.05) is 55.7 Å². The van der Waals surface area contributed by atoms with E-state index < -0.39 is 0 Å². The Morgan fingerprint density at radius 1 is 0.955 bits per heavy atom. The first-order valence-electron chi connectivity index (χ1n) is 16.4. The Labute approximate surface area is 281 Å². The quantitative estimate of drug-likeness (QED) is 0.144. The highest BCUT2D eigenvalue weighted by molar-refractivity contribution is 7.69. The zero-order chi connectivity index (χ0) is 34.1. The minimum Gasteiger partial charge on any atom is -0.455 e. The largest absolute Gasteiger partial charge is 0.455 e. The Kier molecular flexibility index (Phi) is 33.8. The second kappa shape index (κ2) is 30.2. The van der Waals surface area contributed by atoms with Crippen molar-refractivity contribution in [2.45, 2.75) is 155 Å². The van der Waals surface area contributed by atoms with Gasteiger partial charge in [-0.2, -0.15) is 0 Å². The molecule has 0 aromatic rings. The fraction of sp³-hybridized carbons (Fsp3) is 0.714. The number of rotatable bonds is 10. The molecule has 1 aliphatic heterocycles. The van der Waals surface area contributed by atoms with Crippen molar-refractivity contribution in [1.29, 1.82) is 0 Å². The monoisotopic (exact) mass is 599 g/mol. The number of allylic oxidation sites excluding steroid dienone is 6. The molecule has 0 amide bonds. The molecule has 0 spiro atoms. The maximum Gasteiger partial charge on any atom is 0.334 e. The van der Waals surface area contributed by atoms with Gasteiger partial charge in [0.25, 0.3) is 0 Å². The summed E-state index contributed by atoms with van der Waals surface area (Å²) in [7, 11) is 17.6. The zero-order valence-corrected chi connectivity index (χ0v) is 30.2. The maximum atomic E-state index is 11.4. The van der Waals surface area contributed by atoms with Crippen molar-refractivity contribution in [2.24, 2.45) is 11.8 Å². The lowest BCUT2D eigenvalue weighted by atomic mass is 8.88. The van der Waals surface area contributed by atoms with Crippen LogP contribution in [0.4, 0.5) is 0 Å². The maximum absolute atomic E-state index is 11.4. The van der Waals surface area contributed by atoms with Crippen LogP contribution in [0.25, 0.3) is 0 Å². The van der Waals surface area contributed by atoms with Gasteiger partial charge in [-0.3, -0.25) is 4.79 Å². The third kappa shape index (κ3) is 23.8. The summed E-state index contributed by atoms with van der Waals surface area (Å²) in [5.41, 5.74) is 6.96. The first kappa shape index (κ1) is 49.4. The van der Waals surface area contributed by atoms with Crippen molar-refractivity contribution in [2.75, 3.05) is 0 Å². The van der Waals surface area contributed by atoms with E-state index in [1.54, 1.807) is 6.92 Å². The summed E-state index contributed by atoms with van der Waals surface area (Å²) in [6, 6.07) is 0. The van der Waals surface area contributed by atoms with Crippen LogP contribution < -0.4 is 0 Å². The first-order chi connectivity index (χ1) is 20.1. The van der Waals surface area contributed by atoms with Crippen LogP contribution in [0.5, 0.6) is 0 Å². The minimum atomic E-state index is -0.259. The number of ether oxygens (including phenoxy) is 1. The Morgan fingerprint density at radius 2 is 1.45 bits per heavy atom. The van der Waals surface area contributed by atoms with E-state index in [-0.39, 0.29) is 25.9 Å². The van der Waals surface area contributed by atoms with Crippen molar-refractivity contribution in [3.63, 3.8) is 0 Å². The van der Waals surface area contributed by atoms with E-state index in [0.717, 1.165) is 29.1 Å². The molecule has 9 heteroatoms. The average Bonchev–Trinajstić information content (AvgIpc) is 3.35. The standard InChI is InChI=1S/C13H20O.C7H10O2.C7H16.C7H14.CH4.B6/c1-5-6-9(2)7-12-10(3)8-13(14)11(12)4;1-4-5(2)7(8)9-6(4)3;2*1-4-6-7(3)5-2;;1-4-6(3)5-2/h7,10H,5-6,8H2,1-4H3;6H,1-3H3;7H,4-6H2,1-3H3;5H,4,6H2,1-3H3;1H4;. The second-order valence-electron chi connectivity index (χ2n) is 11.9. The van der Waals surface area contributed by atoms with Gasteiger partial charge in [-0.1, -0.05) is 104 Å². The molecule has 240 valence electrons. The fourth-order valence-electron chi connectivity index (χ4n) is 4.16. The van der Waals surface area contributed by atoms with E-state index in [4.69, 9.17) is 27.9 Å². The average molecular weight is 598 g/mol. The topological polar surface area (TPSA) is 43.4 Å². The Morgan fingerprint density at radius 3 is 1.66 bits per heavy atom. The number of cyclic esters (lactones) is 1. The smallest absolute Gasteiger partial charge is 0.334 e. The van der Waals surface area contributed by atoms with E-state index in [1.165, 1.54) is 69.4 Å². The second-order valence-corrected chi connectivity index (χ2v) is 11.9. The van der Waals surface area contributed by atoms with Crippen molar-refractivity contribution >= 4 is 55.5 Å². The molecule has 0 saturated heterocycles. The van der Waals surface area contributed by atoms with Crippen molar-refractivity contribution in [3.05, 3.63) is 45.6 Å². The Balaban J connectivity index is -0.000000236. The highest BCUT2D eigenvalue weighted by Gasteiger charge is 2.25. The lowest BCUT2D eigenvalue weighted by molar-refractivity contribution is -0.139. The molecule has 0 aromatic heterocycles. The third-order valence-corrected chi connectivity index (χ3v) is 7.77. The highest BCUT2D eigenvalue weighted by atomic mass is 16.5. The molecular weight excluding hydrogens is 533 g/mol. The molecule has 1 aliphatic carbocycles. The molecule has 0 N–H and O–H groups in total. The third-order valence-electron chi connectivity index (χ3n) is 7.77. The molecule has 0 bridgehead atoms. The van der Waals surface area contributed by atoms with E-state index in [0.29, 0.717) is 18.1 Å². The molecule has 0 saturated carbocycles. The number of hydrogen-bond acceptors (Lipinski definition) is 3. The molecule has 3 atom stereocenters. The summed E-state index contributed by atoms with van der Waals surface area (Å²) in [4.78, 5) is 22.2. The van der Waals surface area contributed by atoms with E-state index in [1.807, 2.05) is 20.8 Å². The molecule has 44 heavy (non-hydrogen) atoms. The molecular formula is C35H64B6O3. The van der Waals surface area contributed by atoms with E-state index >= 15 is 0 Å². The SMILES string of the molecule is C.CC1=C(C)C(C)OC1=O.CC=C(C)CCC.CCCC(C)=CC1=C(C)C(=O)CC1C.CCCC(C)CC.[B][B]B([B])[B][B]. The molecule has 0 aromatic carbocycles. The van der Waals surface area contributed by atoms with Crippen LogP contribution in [-0.4, -0.2) is 61.6 Å². The van der Waals surface area contributed by atoms with Crippen LogP contribution in [-0.2, 0) is 14.3 Å². The minimum absolute atomic E-state index is 0. The lowest BCUT2D eigenvalue weighted by Crippen LogP contribution is -2.31. The Bertz CT molecular complexity index is 904. The highest BCUT2D eigenvalue weighted by Crippen LogP contribution is 2.30. The first-order valence-corrected chi connectivity index (χ1v) is 16.4. The van der Waals surface area contributed by atoms with Gasteiger partial charge in [0.1, 0.15) is 6.10 Å². The number of ketones is 1. The Hall–Kier alpha value is -1.51. The van der Waals surface area contributed by atoms with Crippen LogP contribution in [0.15, 0.2) is 45.6 Å². The summed E-state index contributed by atoms with van der Waals surface area (Å²) < 4.78 is 4.87. The van der Waals surface area contributed by atoms with Crippen molar-refractivity contribution < 1.29 is 14.3 Å². The predicted octanol–water partition coefficient (Wildman–Crippen LogP) is 8.86. The molecule has 0 fully saturated rings. The molecule has 2 rings (SSSR count). The van der Waals surface area contributed by atoms with Crippen LogP contribution in [0.2, 0.25) is 0 Å². The molecule has 2 aliphatic rings. The number of esters is 1. The fourth-order valence-corrected chi connectivity index (χ4v) is 4.16. The number of carbonyl (C=O) groups excluding carboxylic acids is 2. The summed E-state index contributed by atoms with van der Waals surface area (Å²) in [6.07, 6.45) is 13.8. The predicted molar refractivity (Wildman–Crippen MR) is 204 cm³/mol. The van der Waals surface area contributed by atoms with Crippen molar-refractivity contribution in [3.8, 4) is 0 Å². The van der Waals surface area contributed by atoms with Crippen LogP contribution in [0, 0.1) is 11.8 Å². The molecule has 3 unspecified atom stereocenters. The van der Waals surface area contributed by atoms with Crippen LogP contribution in [0.1, 0.15) is 149 Å². The number of hydrogen-bond donors (Lipinski definition) is 0. The number of Topliss-reactive ketones (excluding diaryl/α,β-unsaturated/α-hetero) is 1. The molecule has 3 nitrogen and oxygen atoms in total. The summed E-state index contributed by atoms with van der Waals surface area (Å²) in [5.74, 6) is 1.53. The van der Waals surface area contributed by atoms with Crippen LogP contribution >= 0.6 is 0 Å². The van der Waals surface area contributed by atoms with Gasteiger partial charge in [-0.05, 0) is 89.9 Å². The molecule has 8 radical (unpaired) electrons. The van der Waals surface area contributed by atoms with Gasteiger partial charge in [0.2, 0.25) is 0 Å². The number of carbonyl (C=O) groups is 2. The summed E-state index contributed by atoms with van der Waals surface area (Å²) in [5, 5.41) is 0. The van der Waals surface area contributed by atoms with Gasteiger partial charge >= 0.3 is 5.97 Å². The zero-order valence-electron chi connectivity index (χ0n) is 30.2. The van der Waals surface area contributed by atoms with Gasteiger partial charge in [0.15, 0.2) is 5.78 Å². The van der Waals surface area contributed by atoms with Crippen LogP contribution in [0.3, 0.4) is 0 Å². The van der Waals surface area contributed by atoms with Gasteiger partial charge in [-0.15, -0.1) is 0 Å². The lowest BCUT2D eigenvalue weighted by Gasteiger charge is -2.05. The summed E-state index contributed by atoms with van der Waals surface area (Å²) >= 11 is 0. The van der Waals surface area contributed by atoms with Gasteiger partial charge < -0.3 is 4.74 Å². The van der Waals surface area contributed by atoms with E-state index in [2.05, 4.69) is 74.5 Å². The van der Waals surface area contributed by atoms with Crippen molar-refractivity contribution in [1.82, 2.24) is 0 Å². The molecule has 1 heterocycles. The summed E-state index contributed by atoms with van der Waals surface area (Å²) in [6.45, 7) is 27.3.